The highest BCUT2D eigenvalue weighted by molar-refractivity contribution is 5.70. The zero-order valence-corrected chi connectivity index (χ0v) is 12.3. The van der Waals surface area contributed by atoms with E-state index in [0.29, 0.717) is 6.42 Å². The van der Waals surface area contributed by atoms with E-state index < -0.39 is 5.60 Å². The molecule has 0 spiro atoms. The number of carbonyl (C=O) groups is 1. The summed E-state index contributed by atoms with van der Waals surface area (Å²) in [6, 6.07) is 7.37. The molecular weight excluding hydrogens is 250 g/mol. The standard InChI is InChI=1S/C17H21NO2/c1-6-13-7-9-14(10-8-13)15(18-5)11-12-16(19)20-17(2,3)4/h6-10,15H,1,11-12H2,2-4H3. The van der Waals surface area contributed by atoms with Gasteiger partial charge in [0.05, 0.1) is 6.42 Å². The van der Waals surface area contributed by atoms with Crippen molar-refractivity contribution in [2.24, 2.45) is 0 Å². The van der Waals surface area contributed by atoms with Crippen molar-refractivity contribution < 1.29 is 9.53 Å². The number of nitrogens with zero attached hydrogens (tertiary/aromatic N) is 1. The van der Waals surface area contributed by atoms with Crippen LogP contribution >= 0.6 is 0 Å². The average Bonchev–Trinajstić information content (AvgIpc) is 2.38. The quantitative estimate of drug-likeness (QED) is 0.586. The monoisotopic (exact) mass is 271 g/mol. The van der Waals surface area contributed by atoms with Crippen LogP contribution in [-0.4, -0.2) is 11.6 Å². The highest BCUT2D eigenvalue weighted by atomic mass is 16.6. The molecule has 0 aromatic heterocycles. The molecule has 1 rings (SSSR count). The van der Waals surface area contributed by atoms with Crippen molar-refractivity contribution >= 4 is 12.0 Å². The van der Waals surface area contributed by atoms with Crippen molar-refractivity contribution in [2.45, 2.75) is 45.3 Å². The summed E-state index contributed by atoms with van der Waals surface area (Å²) in [6.07, 6.45) is 2.50. The maximum absolute atomic E-state index is 11.7. The Morgan fingerprint density at radius 2 is 2.00 bits per heavy atom. The molecular formula is C17H21NO2. The van der Waals surface area contributed by atoms with Gasteiger partial charge < -0.3 is 9.58 Å². The molecule has 0 bridgehead atoms. The van der Waals surface area contributed by atoms with Gasteiger partial charge in [-0.1, -0.05) is 36.9 Å². The van der Waals surface area contributed by atoms with Gasteiger partial charge in [0.25, 0.3) is 0 Å². The molecule has 1 aromatic rings. The highest BCUT2D eigenvalue weighted by Crippen LogP contribution is 2.24. The maximum atomic E-state index is 11.7. The zero-order chi connectivity index (χ0) is 15.2. The summed E-state index contributed by atoms with van der Waals surface area (Å²) in [4.78, 5) is 15.3. The van der Waals surface area contributed by atoms with Gasteiger partial charge in [0.15, 0.2) is 0 Å². The van der Waals surface area contributed by atoms with E-state index in [4.69, 9.17) is 11.3 Å². The van der Waals surface area contributed by atoms with E-state index in [0.717, 1.165) is 11.1 Å². The van der Waals surface area contributed by atoms with Crippen molar-refractivity contribution in [3.63, 3.8) is 0 Å². The first-order chi connectivity index (χ1) is 9.35. The lowest BCUT2D eigenvalue weighted by Gasteiger charge is -2.19. The summed E-state index contributed by atoms with van der Waals surface area (Å²) in [5.74, 6) is -0.256. The molecule has 20 heavy (non-hydrogen) atoms. The van der Waals surface area contributed by atoms with Crippen LogP contribution in [0.1, 0.15) is 50.8 Å². The van der Waals surface area contributed by atoms with Crippen molar-refractivity contribution in [1.82, 2.24) is 0 Å². The summed E-state index contributed by atoms with van der Waals surface area (Å²) in [7, 11) is 0. The smallest absolute Gasteiger partial charge is 0.306 e. The van der Waals surface area contributed by atoms with E-state index in [9.17, 15) is 4.79 Å². The number of hydrogen-bond acceptors (Lipinski definition) is 2. The Labute approximate surface area is 121 Å². The molecule has 1 unspecified atom stereocenters. The van der Waals surface area contributed by atoms with Crippen LogP contribution in [0.3, 0.4) is 0 Å². The Kier molecular flexibility index (Phi) is 5.52. The van der Waals surface area contributed by atoms with Crippen LogP contribution < -0.4 is 0 Å². The fraction of sp³-hybridized carbons (Fsp3) is 0.412. The normalized spacial score (nSPS) is 12.3. The molecule has 3 nitrogen and oxygen atoms in total. The van der Waals surface area contributed by atoms with Gasteiger partial charge in [0.1, 0.15) is 5.60 Å². The van der Waals surface area contributed by atoms with Crippen LogP contribution in [0.4, 0.5) is 0 Å². The molecule has 0 aliphatic rings. The summed E-state index contributed by atoms with van der Waals surface area (Å²) in [5.41, 5.74) is 1.47. The first-order valence-corrected chi connectivity index (χ1v) is 6.66. The van der Waals surface area contributed by atoms with E-state index in [1.54, 1.807) is 6.08 Å². The van der Waals surface area contributed by atoms with Gasteiger partial charge in [0.2, 0.25) is 6.04 Å². The average molecular weight is 271 g/mol. The van der Waals surface area contributed by atoms with Gasteiger partial charge >= 0.3 is 5.97 Å². The second-order valence-electron chi connectivity index (χ2n) is 5.64. The molecule has 3 heteroatoms. The maximum Gasteiger partial charge on any atom is 0.306 e. The van der Waals surface area contributed by atoms with E-state index >= 15 is 0 Å². The Morgan fingerprint density at radius 3 is 2.45 bits per heavy atom. The minimum Gasteiger partial charge on any atom is -0.460 e. The SMILES string of the molecule is [C-]#[N+]C(CCC(=O)OC(C)(C)C)c1ccc(C=C)cc1. The number of hydrogen-bond donors (Lipinski definition) is 0. The highest BCUT2D eigenvalue weighted by Gasteiger charge is 2.21. The predicted octanol–water partition coefficient (Wildman–Crippen LogP) is 4.41. The Bertz CT molecular complexity index is 503. The first kappa shape index (κ1) is 16.0. The Morgan fingerprint density at radius 1 is 1.40 bits per heavy atom. The zero-order valence-electron chi connectivity index (χ0n) is 12.3. The molecule has 1 aromatic carbocycles. The molecule has 0 saturated heterocycles. The largest absolute Gasteiger partial charge is 0.460 e. The van der Waals surface area contributed by atoms with Crippen molar-refractivity contribution in [3.8, 4) is 0 Å². The van der Waals surface area contributed by atoms with Crippen LogP contribution in [-0.2, 0) is 9.53 Å². The molecule has 0 N–H and O–H groups in total. The van der Waals surface area contributed by atoms with Gasteiger partial charge in [-0.15, -0.1) is 0 Å². The molecule has 0 saturated carbocycles. The van der Waals surface area contributed by atoms with Crippen LogP contribution in [0.15, 0.2) is 30.8 Å². The molecule has 0 radical (unpaired) electrons. The lowest BCUT2D eigenvalue weighted by Crippen LogP contribution is -2.23. The van der Waals surface area contributed by atoms with Gasteiger partial charge in [-0.3, -0.25) is 4.79 Å². The van der Waals surface area contributed by atoms with Gasteiger partial charge in [-0.2, -0.15) is 0 Å². The predicted molar refractivity (Wildman–Crippen MR) is 81.0 cm³/mol. The van der Waals surface area contributed by atoms with Crippen LogP contribution in [0, 0.1) is 6.57 Å². The van der Waals surface area contributed by atoms with E-state index in [1.807, 2.05) is 45.0 Å². The third kappa shape index (κ3) is 5.27. The lowest BCUT2D eigenvalue weighted by molar-refractivity contribution is -0.154. The Hall–Kier alpha value is -2.08. The van der Waals surface area contributed by atoms with E-state index in [2.05, 4.69) is 11.4 Å². The number of benzene rings is 1. The van der Waals surface area contributed by atoms with E-state index in [1.165, 1.54) is 0 Å². The molecule has 1 atom stereocenters. The minimum absolute atomic E-state index is 0.256. The summed E-state index contributed by atoms with van der Waals surface area (Å²) < 4.78 is 5.25. The number of rotatable bonds is 5. The fourth-order valence-electron chi connectivity index (χ4n) is 1.81. The van der Waals surface area contributed by atoms with Gasteiger partial charge in [-0.05, 0) is 26.3 Å². The third-order valence-corrected chi connectivity index (χ3v) is 2.75. The molecule has 0 aliphatic heterocycles. The topological polar surface area (TPSA) is 30.7 Å². The van der Waals surface area contributed by atoms with Crippen LogP contribution in [0.5, 0.6) is 0 Å². The number of carbonyl (C=O) groups excluding carboxylic acids is 1. The summed E-state index contributed by atoms with van der Waals surface area (Å²) >= 11 is 0. The summed E-state index contributed by atoms with van der Waals surface area (Å²) in [6.45, 7) is 16.5. The van der Waals surface area contributed by atoms with Crippen LogP contribution in [0.25, 0.3) is 10.9 Å². The second kappa shape index (κ2) is 6.91. The first-order valence-electron chi connectivity index (χ1n) is 6.66. The molecule has 106 valence electrons. The van der Waals surface area contributed by atoms with Crippen LogP contribution in [0.2, 0.25) is 0 Å². The molecule has 0 aliphatic carbocycles. The van der Waals surface area contributed by atoms with Gasteiger partial charge in [0, 0.05) is 12.0 Å². The van der Waals surface area contributed by atoms with Crippen molar-refractivity contribution in [1.29, 1.82) is 0 Å². The van der Waals surface area contributed by atoms with E-state index in [-0.39, 0.29) is 18.4 Å². The number of ether oxygens (including phenoxy) is 1. The third-order valence-electron chi connectivity index (χ3n) is 2.75. The molecule has 0 fully saturated rings. The second-order valence-corrected chi connectivity index (χ2v) is 5.64. The summed E-state index contributed by atoms with van der Waals surface area (Å²) in [5, 5.41) is 0. The molecule has 0 amide bonds. The Balaban J connectivity index is 2.61. The fourth-order valence-corrected chi connectivity index (χ4v) is 1.81. The number of esters is 1. The molecule has 0 heterocycles. The minimum atomic E-state index is -0.476. The van der Waals surface area contributed by atoms with Gasteiger partial charge in [-0.25, -0.2) is 6.57 Å². The van der Waals surface area contributed by atoms with Crippen molar-refractivity contribution in [3.05, 3.63) is 53.4 Å². The lowest BCUT2D eigenvalue weighted by atomic mass is 10.0. The van der Waals surface area contributed by atoms with Crippen molar-refractivity contribution in [2.75, 3.05) is 0 Å².